The molecule has 0 atom stereocenters. The van der Waals surface area contributed by atoms with Crippen LogP contribution < -0.4 is 0 Å². The molecular weight excluding hydrogens is 180 g/mol. The van der Waals surface area contributed by atoms with Crippen LogP contribution in [0.3, 0.4) is 0 Å². The van der Waals surface area contributed by atoms with E-state index in [0.717, 1.165) is 5.69 Å². The van der Waals surface area contributed by atoms with Crippen LogP contribution in [0.5, 0.6) is 0 Å². The van der Waals surface area contributed by atoms with Gasteiger partial charge in [-0.05, 0) is 12.1 Å². The molecule has 0 amide bonds. The molecule has 0 saturated carbocycles. The predicted octanol–water partition coefficient (Wildman–Crippen LogP) is 0.809. The second-order valence-electron chi connectivity index (χ2n) is 2.73. The topological polar surface area (TPSA) is 52.8 Å². The minimum Gasteiger partial charge on any atom is -0.378 e. The SMILES string of the molecule is COCc1ccn(-c2ncccn2)n1. The minimum absolute atomic E-state index is 0.500. The van der Waals surface area contributed by atoms with Gasteiger partial charge in [-0.25, -0.2) is 14.6 Å². The van der Waals surface area contributed by atoms with Gasteiger partial charge in [-0.1, -0.05) is 0 Å². The van der Waals surface area contributed by atoms with Crippen molar-refractivity contribution in [3.63, 3.8) is 0 Å². The Morgan fingerprint density at radius 1 is 1.36 bits per heavy atom. The molecule has 14 heavy (non-hydrogen) atoms. The molecule has 0 saturated heterocycles. The van der Waals surface area contributed by atoms with E-state index in [0.29, 0.717) is 12.6 Å². The van der Waals surface area contributed by atoms with Crippen molar-refractivity contribution in [1.82, 2.24) is 19.7 Å². The Hall–Kier alpha value is -1.75. The Kier molecular flexibility index (Phi) is 2.51. The van der Waals surface area contributed by atoms with E-state index in [1.54, 1.807) is 30.3 Å². The number of hydrogen-bond donors (Lipinski definition) is 0. The number of methoxy groups -OCH3 is 1. The highest BCUT2D eigenvalue weighted by Gasteiger charge is 2.01. The zero-order valence-corrected chi connectivity index (χ0v) is 7.79. The molecule has 0 aromatic carbocycles. The summed E-state index contributed by atoms with van der Waals surface area (Å²) >= 11 is 0. The van der Waals surface area contributed by atoms with Crippen LogP contribution in [0.1, 0.15) is 5.69 Å². The number of aromatic nitrogens is 4. The van der Waals surface area contributed by atoms with Crippen LogP contribution in [0.4, 0.5) is 0 Å². The van der Waals surface area contributed by atoms with Crippen LogP contribution >= 0.6 is 0 Å². The first kappa shape index (κ1) is 8.83. The fourth-order valence-electron chi connectivity index (χ4n) is 1.11. The lowest BCUT2D eigenvalue weighted by molar-refractivity contribution is 0.181. The number of ether oxygens (including phenoxy) is 1. The molecule has 0 unspecified atom stereocenters. The molecule has 0 aliphatic heterocycles. The molecule has 0 radical (unpaired) electrons. The first-order chi connectivity index (χ1) is 6.90. The summed E-state index contributed by atoms with van der Waals surface area (Å²) < 4.78 is 6.58. The van der Waals surface area contributed by atoms with E-state index >= 15 is 0 Å². The van der Waals surface area contributed by atoms with Gasteiger partial charge < -0.3 is 4.74 Å². The van der Waals surface area contributed by atoms with E-state index in [-0.39, 0.29) is 0 Å². The Morgan fingerprint density at radius 3 is 2.86 bits per heavy atom. The lowest BCUT2D eigenvalue weighted by Crippen LogP contribution is -2.01. The average molecular weight is 190 g/mol. The molecule has 2 heterocycles. The van der Waals surface area contributed by atoms with Gasteiger partial charge in [-0.2, -0.15) is 5.10 Å². The molecule has 0 spiro atoms. The lowest BCUT2D eigenvalue weighted by Gasteiger charge is -1.96. The van der Waals surface area contributed by atoms with E-state index in [2.05, 4.69) is 15.1 Å². The molecule has 0 bridgehead atoms. The number of rotatable bonds is 3. The fourth-order valence-corrected chi connectivity index (χ4v) is 1.11. The van der Waals surface area contributed by atoms with E-state index in [1.807, 2.05) is 12.3 Å². The molecule has 5 nitrogen and oxygen atoms in total. The molecule has 0 aliphatic rings. The van der Waals surface area contributed by atoms with Crippen LogP contribution in [0.25, 0.3) is 5.95 Å². The van der Waals surface area contributed by atoms with Crippen molar-refractivity contribution in [2.24, 2.45) is 0 Å². The van der Waals surface area contributed by atoms with Crippen molar-refractivity contribution in [2.45, 2.75) is 6.61 Å². The van der Waals surface area contributed by atoms with E-state index in [9.17, 15) is 0 Å². The highest BCUT2D eigenvalue weighted by atomic mass is 16.5. The summed E-state index contributed by atoms with van der Waals surface area (Å²) in [5.74, 6) is 0.565. The molecule has 2 aromatic rings. The van der Waals surface area contributed by atoms with Crippen LogP contribution in [0, 0.1) is 0 Å². The molecule has 0 N–H and O–H groups in total. The maximum Gasteiger partial charge on any atom is 0.250 e. The van der Waals surface area contributed by atoms with Gasteiger partial charge >= 0.3 is 0 Å². The van der Waals surface area contributed by atoms with Crippen LogP contribution in [-0.2, 0) is 11.3 Å². The second-order valence-corrected chi connectivity index (χ2v) is 2.73. The predicted molar refractivity (Wildman–Crippen MR) is 49.9 cm³/mol. The van der Waals surface area contributed by atoms with Crippen LogP contribution in [0.2, 0.25) is 0 Å². The van der Waals surface area contributed by atoms with Gasteiger partial charge in [0.25, 0.3) is 0 Å². The average Bonchev–Trinajstić information content (AvgIpc) is 2.68. The number of nitrogens with zero attached hydrogens (tertiary/aromatic N) is 4. The van der Waals surface area contributed by atoms with Gasteiger partial charge in [0.05, 0.1) is 12.3 Å². The van der Waals surface area contributed by atoms with Gasteiger partial charge in [0, 0.05) is 25.7 Å². The van der Waals surface area contributed by atoms with Crippen LogP contribution in [0.15, 0.2) is 30.7 Å². The Labute approximate surface area is 81.4 Å². The van der Waals surface area contributed by atoms with Crippen molar-refractivity contribution in [2.75, 3.05) is 7.11 Å². The molecule has 2 rings (SSSR count). The summed E-state index contributed by atoms with van der Waals surface area (Å²) in [4.78, 5) is 8.14. The summed E-state index contributed by atoms with van der Waals surface area (Å²) in [7, 11) is 1.64. The fraction of sp³-hybridized carbons (Fsp3) is 0.222. The number of hydrogen-bond acceptors (Lipinski definition) is 4. The highest BCUT2D eigenvalue weighted by molar-refractivity contribution is 5.10. The maximum atomic E-state index is 4.96. The quantitative estimate of drug-likeness (QED) is 0.718. The zero-order valence-electron chi connectivity index (χ0n) is 7.79. The second kappa shape index (κ2) is 3.97. The Morgan fingerprint density at radius 2 is 2.14 bits per heavy atom. The minimum atomic E-state index is 0.500. The van der Waals surface area contributed by atoms with Gasteiger partial charge in [0.15, 0.2) is 0 Å². The first-order valence-electron chi connectivity index (χ1n) is 4.21. The smallest absolute Gasteiger partial charge is 0.250 e. The summed E-state index contributed by atoms with van der Waals surface area (Å²) in [5, 5.41) is 4.24. The van der Waals surface area contributed by atoms with Gasteiger partial charge in [-0.15, -0.1) is 0 Å². The monoisotopic (exact) mass is 190 g/mol. The highest BCUT2D eigenvalue weighted by Crippen LogP contribution is 2.01. The molecule has 2 aromatic heterocycles. The third kappa shape index (κ3) is 1.77. The first-order valence-corrected chi connectivity index (χ1v) is 4.21. The standard InChI is InChI=1S/C9H10N4O/c1-14-7-8-3-6-13(12-8)9-10-4-2-5-11-9/h2-6H,7H2,1H3. The molecular formula is C9H10N4O. The van der Waals surface area contributed by atoms with Crippen LogP contribution in [-0.4, -0.2) is 26.9 Å². The largest absolute Gasteiger partial charge is 0.378 e. The zero-order chi connectivity index (χ0) is 9.80. The normalized spacial score (nSPS) is 10.4. The molecule has 0 fully saturated rings. The molecule has 0 aliphatic carbocycles. The van der Waals surface area contributed by atoms with Gasteiger partial charge in [0.1, 0.15) is 0 Å². The molecule has 72 valence electrons. The van der Waals surface area contributed by atoms with E-state index in [1.165, 1.54) is 0 Å². The third-order valence-electron chi connectivity index (χ3n) is 1.69. The van der Waals surface area contributed by atoms with Crippen molar-refractivity contribution in [1.29, 1.82) is 0 Å². The Bertz CT molecular complexity index is 398. The van der Waals surface area contributed by atoms with E-state index < -0.39 is 0 Å². The Balaban J connectivity index is 2.25. The molecule has 5 heteroatoms. The van der Waals surface area contributed by atoms with Crippen molar-refractivity contribution in [3.8, 4) is 5.95 Å². The van der Waals surface area contributed by atoms with Crippen molar-refractivity contribution < 1.29 is 4.74 Å². The lowest BCUT2D eigenvalue weighted by atomic mass is 10.5. The summed E-state index contributed by atoms with van der Waals surface area (Å²) in [6.07, 6.45) is 5.17. The summed E-state index contributed by atoms with van der Waals surface area (Å²) in [6.45, 7) is 0.500. The van der Waals surface area contributed by atoms with Gasteiger partial charge in [-0.3, -0.25) is 0 Å². The summed E-state index contributed by atoms with van der Waals surface area (Å²) in [6, 6.07) is 3.64. The van der Waals surface area contributed by atoms with E-state index in [4.69, 9.17) is 4.74 Å². The third-order valence-corrected chi connectivity index (χ3v) is 1.69. The maximum absolute atomic E-state index is 4.96. The van der Waals surface area contributed by atoms with Crippen molar-refractivity contribution >= 4 is 0 Å². The van der Waals surface area contributed by atoms with Gasteiger partial charge in [0.2, 0.25) is 5.95 Å². The summed E-state index contributed by atoms with van der Waals surface area (Å²) in [5.41, 5.74) is 0.861. The van der Waals surface area contributed by atoms with Crippen molar-refractivity contribution in [3.05, 3.63) is 36.4 Å².